The van der Waals surface area contributed by atoms with Crippen molar-refractivity contribution in [1.29, 1.82) is 0 Å². The van der Waals surface area contributed by atoms with Crippen molar-refractivity contribution in [3.63, 3.8) is 0 Å². The molecule has 0 aromatic heterocycles. The molecule has 0 saturated heterocycles. The van der Waals surface area contributed by atoms with Crippen LogP contribution in [0.3, 0.4) is 0 Å². The maximum absolute atomic E-state index is 13.0. The topological polar surface area (TPSA) is 56.8 Å². The van der Waals surface area contributed by atoms with Gasteiger partial charge in [-0.1, -0.05) is 35.9 Å². The minimum Gasteiger partial charge on any atom is -0.493 e. The number of para-hydroxylation sites is 2. The van der Waals surface area contributed by atoms with Crippen LogP contribution in [0.1, 0.15) is 81.4 Å². The minimum atomic E-state index is -0.178. The summed E-state index contributed by atoms with van der Waals surface area (Å²) < 4.78 is 18.2. The van der Waals surface area contributed by atoms with Gasteiger partial charge in [0.25, 0.3) is 0 Å². The number of halogens is 1. The summed E-state index contributed by atoms with van der Waals surface area (Å²) in [6.45, 7) is 0. The lowest BCUT2D eigenvalue weighted by Gasteiger charge is -2.48. The molecule has 5 rings (SSSR count). The summed E-state index contributed by atoms with van der Waals surface area (Å²) in [5.74, 6) is 2.42. The van der Waals surface area contributed by atoms with E-state index in [1.807, 2.05) is 30.3 Å². The molecule has 182 valence electrons. The number of ether oxygens (including phenoxy) is 3. The molecule has 1 atom stereocenters. The Morgan fingerprint density at radius 2 is 1.94 bits per heavy atom. The predicted molar refractivity (Wildman–Crippen MR) is 133 cm³/mol. The van der Waals surface area contributed by atoms with Crippen LogP contribution in [0.25, 0.3) is 0 Å². The second-order valence-electron chi connectivity index (χ2n) is 9.95. The van der Waals surface area contributed by atoms with Gasteiger partial charge in [0, 0.05) is 18.4 Å². The first-order valence-corrected chi connectivity index (χ1v) is 13.0. The van der Waals surface area contributed by atoms with E-state index in [9.17, 15) is 4.79 Å². The van der Waals surface area contributed by atoms with Gasteiger partial charge in [-0.05, 0) is 75.5 Å². The molecule has 0 bridgehead atoms. The van der Waals surface area contributed by atoms with Crippen molar-refractivity contribution >= 4 is 17.5 Å². The molecule has 1 unspecified atom stereocenters. The highest BCUT2D eigenvalue weighted by Gasteiger charge is 2.46. The number of fused-ring (bicyclic) bond motifs is 1. The van der Waals surface area contributed by atoms with Crippen molar-refractivity contribution in [2.24, 2.45) is 0 Å². The Balaban J connectivity index is 1.22. The molecule has 1 N–H and O–H groups in total. The summed E-state index contributed by atoms with van der Waals surface area (Å²) >= 11 is 6.44. The fourth-order valence-electron chi connectivity index (χ4n) is 5.59. The number of hydrogen-bond acceptors (Lipinski definition) is 4. The van der Waals surface area contributed by atoms with E-state index in [0.717, 1.165) is 79.7 Å². The van der Waals surface area contributed by atoms with Crippen LogP contribution >= 0.6 is 11.6 Å². The van der Waals surface area contributed by atoms with E-state index in [0.29, 0.717) is 11.4 Å². The summed E-state index contributed by atoms with van der Waals surface area (Å²) in [6, 6.07) is 11.8. The highest BCUT2D eigenvalue weighted by Crippen LogP contribution is 2.50. The highest BCUT2D eigenvalue weighted by molar-refractivity contribution is 6.32. The Hall–Kier alpha value is -2.40. The number of amides is 1. The van der Waals surface area contributed by atoms with E-state index in [4.69, 9.17) is 25.8 Å². The van der Waals surface area contributed by atoms with Crippen LogP contribution in [-0.2, 0) is 11.2 Å². The van der Waals surface area contributed by atoms with E-state index in [2.05, 4.69) is 11.4 Å². The van der Waals surface area contributed by atoms with E-state index in [-0.39, 0.29) is 23.7 Å². The number of benzene rings is 2. The third-order valence-electron chi connectivity index (χ3n) is 7.58. The van der Waals surface area contributed by atoms with Gasteiger partial charge in [-0.3, -0.25) is 4.79 Å². The Morgan fingerprint density at radius 1 is 1.15 bits per heavy atom. The number of aryl methyl sites for hydroxylation is 1. The van der Waals surface area contributed by atoms with Crippen molar-refractivity contribution in [2.75, 3.05) is 7.11 Å². The molecular weight excluding hydrogens is 450 g/mol. The lowest BCUT2D eigenvalue weighted by atomic mass is 9.73. The van der Waals surface area contributed by atoms with Crippen molar-refractivity contribution < 1.29 is 19.0 Å². The van der Waals surface area contributed by atoms with Gasteiger partial charge in [0.2, 0.25) is 5.91 Å². The summed E-state index contributed by atoms with van der Waals surface area (Å²) in [5, 5.41) is 3.90. The maximum atomic E-state index is 13.0. The van der Waals surface area contributed by atoms with Gasteiger partial charge in [0.15, 0.2) is 11.5 Å². The molecular formula is C28H34ClNO4. The lowest BCUT2D eigenvalue weighted by Crippen LogP contribution is -2.49. The predicted octanol–water partition coefficient (Wildman–Crippen LogP) is 6.56. The summed E-state index contributed by atoms with van der Waals surface area (Å²) in [5.41, 5.74) is 1.91. The second-order valence-corrected chi connectivity index (χ2v) is 10.4. The van der Waals surface area contributed by atoms with Crippen LogP contribution in [0.4, 0.5) is 0 Å². The molecule has 6 heteroatoms. The lowest BCUT2D eigenvalue weighted by molar-refractivity contribution is -0.123. The fraction of sp³-hybridized carbons (Fsp3) is 0.536. The fourth-order valence-corrected chi connectivity index (χ4v) is 5.81. The van der Waals surface area contributed by atoms with E-state index >= 15 is 0 Å². The zero-order valence-corrected chi connectivity index (χ0v) is 20.7. The zero-order chi connectivity index (χ0) is 23.5. The molecule has 0 radical (unpaired) electrons. The van der Waals surface area contributed by atoms with Crippen LogP contribution in [0.5, 0.6) is 17.2 Å². The van der Waals surface area contributed by atoms with Crippen molar-refractivity contribution in [1.82, 2.24) is 5.32 Å². The highest BCUT2D eigenvalue weighted by atomic mass is 35.5. The first-order valence-electron chi connectivity index (χ1n) is 12.7. The normalized spacial score (nSPS) is 20.8. The Kier molecular flexibility index (Phi) is 6.91. The van der Waals surface area contributed by atoms with Gasteiger partial charge in [0.1, 0.15) is 11.4 Å². The number of rotatable bonds is 8. The van der Waals surface area contributed by atoms with Crippen LogP contribution in [0.2, 0.25) is 5.02 Å². The number of hydrogen-bond donors (Lipinski definition) is 1. The van der Waals surface area contributed by atoms with Gasteiger partial charge in [-0.2, -0.15) is 0 Å². The number of carbonyl (C=O) groups is 1. The standard InChI is InChI=1S/C28H34ClNO4/c1-32-24-14-4-8-19(26(24)33-20-10-2-3-11-20)9-5-15-25(31)30-23-18-28(16-7-17-28)34-27-21(23)12-6-13-22(27)29/h4,6,8,12-14,20,23H,2-3,5,7,9-11,15-18H2,1H3,(H,30,31). The smallest absolute Gasteiger partial charge is 0.220 e. The third kappa shape index (κ3) is 4.86. The molecule has 1 amide bonds. The first-order chi connectivity index (χ1) is 16.6. The molecule has 2 aromatic carbocycles. The zero-order valence-electron chi connectivity index (χ0n) is 19.9. The number of methoxy groups -OCH3 is 1. The van der Waals surface area contributed by atoms with Crippen molar-refractivity contribution in [3.05, 3.63) is 52.5 Å². The average Bonchev–Trinajstić information content (AvgIpc) is 3.32. The van der Waals surface area contributed by atoms with Crippen molar-refractivity contribution in [2.45, 2.75) is 88.4 Å². The molecule has 2 aliphatic carbocycles. The minimum absolute atomic E-state index is 0.0617. The van der Waals surface area contributed by atoms with E-state index in [1.54, 1.807) is 7.11 Å². The van der Waals surface area contributed by atoms with Crippen LogP contribution < -0.4 is 19.5 Å². The van der Waals surface area contributed by atoms with Crippen LogP contribution in [0.15, 0.2) is 36.4 Å². The number of carbonyl (C=O) groups excluding carboxylic acids is 1. The summed E-state index contributed by atoms with van der Waals surface area (Å²) in [4.78, 5) is 13.0. The molecule has 34 heavy (non-hydrogen) atoms. The Labute approximate surface area is 207 Å². The van der Waals surface area contributed by atoms with Crippen molar-refractivity contribution in [3.8, 4) is 17.2 Å². The average molecular weight is 484 g/mol. The Morgan fingerprint density at radius 3 is 2.68 bits per heavy atom. The third-order valence-corrected chi connectivity index (χ3v) is 7.88. The Bertz CT molecular complexity index is 1030. The molecule has 1 heterocycles. The maximum Gasteiger partial charge on any atom is 0.220 e. The van der Waals surface area contributed by atoms with E-state index in [1.165, 1.54) is 12.8 Å². The molecule has 2 aromatic rings. The largest absolute Gasteiger partial charge is 0.493 e. The molecule has 3 aliphatic rings. The summed E-state index contributed by atoms with van der Waals surface area (Å²) in [7, 11) is 1.68. The molecule has 1 aliphatic heterocycles. The van der Waals surface area contributed by atoms with Gasteiger partial charge < -0.3 is 19.5 Å². The quantitative estimate of drug-likeness (QED) is 0.462. The van der Waals surface area contributed by atoms with Gasteiger partial charge in [-0.25, -0.2) is 0 Å². The van der Waals surface area contributed by atoms with Gasteiger partial charge in [-0.15, -0.1) is 0 Å². The van der Waals surface area contributed by atoms with Crippen LogP contribution in [0, 0.1) is 0 Å². The molecule has 2 fully saturated rings. The second kappa shape index (κ2) is 10.1. The SMILES string of the molecule is COc1cccc(CCCC(=O)NC2CC3(CCC3)Oc3c(Cl)cccc32)c1OC1CCCC1. The molecule has 2 saturated carbocycles. The molecule has 1 spiro atoms. The van der Waals surface area contributed by atoms with Crippen LogP contribution in [-0.4, -0.2) is 24.7 Å². The van der Waals surface area contributed by atoms with Gasteiger partial charge >= 0.3 is 0 Å². The van der Waals surface area contributed by atoms with E-state index < -0.39 is 0 Å². The monoisotopic (exact) mass is 483 g/mol. The first kappa shape index (κ1) is 23.3. The number of nitrogens with one attached hydrogen (secondary N) is 1. The van der Waals surface area contributed by atoms with Gasteiger partial charge in [0.05, 0.1) is 24.3 Å². The molecule has 5 nitrogen and oxygen atoms in total. The summed E-state index contributed by atoms with van der Waals surface area (Å²) in [6.07, 6.45) is 10.9.